The highest BCUT2D eigenvalue weighted by atomic mass is 79.9. The molecule has 0 bridgehead atoms. The summed E-state index contributed by atoms with van der Waals surface area (Å²) in [7, 11) is 0. The Bertz CT molecular complexity index is 750. The summed E-state index contributed by atoms with van der Waals surface area (Å²) in [4.78, 5) is 20.2. The van der Waals surface area contributed by atoms with Crippen molar-refractivity contribution in [3.8, 4) is 10.6 Å². The van der Waals surface area contributed by atoms with Gasteiger partial charge in [-0.25, -0.2) is 14.8 Å². The van der Waals surface area contributed by atoms with Crippen LogP contribution in [-0.4, -0.2) is 25.4 Å². The van der Waals surface area contributed by atoms with Gasteiger partial charge in [0, 0.05) is 18.6 Å². The van der Waals surface area contributed by atoms with Crippen LogP contribution in [0, 0.1) is 0 Å². The molecule has 0 radical (unpaired) electrons. The number of thiophene rings is 1. The summed E-state index contributed by atoms with van der Waals surface area (Å²) in [6, 6.07) is 3.87. The zero-order valence-electron chi connectivity index (χ0n) is 8.87. The van der Waals surface area contributed by atoms with E-state index in [1.54, 1.807) is 28.1 Å². The lowest BCUT2D eigenvalue weighted by atomic mass is 10.4. The predicted molar refractivity (Wildman–Crippen MR) is 71.0 cm³/mol. The third kappa shape index (κ3) is 1.81. The fraction of sp³-hybridized carbons (Fsp3) is 0. The Morgan fingerprint density at radius 1 is 1.44 bits per heavy atom. The molecule has 0 unspecified atom stereocenters. The number of hydrogen-bond donors (Lipinski definition) is 1. The number of carboxylic acid groups (broad SMARTS) is 1. The van der Waals surface area contributed by atoms with E-state index in [1.807, 2.05) is 12.1 Å². The van der Waals surface area contributed by atoms with Crippen molar-refractivity contribution in [2.75, 3.05) is 0 Å². The topological polar surface area (TPSA) is 67.5 Å². The van der Waals surface area contributed by atoms with E-state index in [1.165, 1.54) is 6.20 Å². The van der Waals surface area contributed by atoms with Crippen LogP contribution in [0.25, 0.3) is 16.2 Å². The van der Waals surface area contributed by atoms with Gasteiger partial charge in [0.05, 0.1) is 14.4 Å². The maximum absolute atomic E-state index is 11.0. The fourth-order valence-electron chi connectivity index (χ4n) is 1.64. The van der Waals surface area contributed by atoms with Crippen molar-refractivity contribution >= 4 is 38.9 Å². The lowest BCUT2D eigenvalue weighted by Crippen LogP contribution is -2.03. The number of aromatic carboxylic acids is 1. The molecule has 0 saturated carbocycles. The summed E-state index contributed by atoms with van der Waals surface area (Å²) in [6.07, 6.45) is 4.93. The Hall–Kier alpha value is -1.73. The Labute approximate surface area is 114 Å². The van der Waals surface area contributed by atoms with Gasteiger partial charge < -0.3 is 9.51 Å². The summed E-state index contributed by atoms with van der Waals surface area (Å²) >= 11 is 4.93. The molecule has 3 aromatic rings. The molecule has 5 nitrogen and oxygen atoms in total. The van der Waals surface area contributed by atoms with Crippen LogP contribution in [0.1, 0.15) is 10.5 Å². The van der Waals surface area contributed by atoms with Crippen molar-refractivity contribution in [1.29, 1.82) is 0 Å². The first-order valence-corrected chi connectivity index (χ1v) is 6.59. The average molecular weight is 324 g/mol. The van der Waals surface area contributed by atoms with Crippen molar-refractivity contribution in [3.63, 3.8) is 0 Å². The third-order valence-electron chi connectivity index (χ3n) is 2.40. The molecule has 0 aromatic carbocycles. The van der Waals surface area contributed by atoms with Crippen LogP contribution in [0.2, 0.25) is 0 Å². The van der Waals surface area contributed by atoms with E-state index in [0.29, 0.717) is 5.65 Å². The number of imidazole rings is 1. The van der Waals surface area contributed by atoms with Crippen LogP contribution in [0.15, 0.2) is 34.5 Å². The first-order chi connectivity index (χ1) is 8.65. The van der Waals surface area contributed by atoms with E-state index < -0.39 is 5.97 Å². The highest BCUT2D eigenvalue weighted by Crippen LogP contribution is 2.30. The van der Waals surface area contributed by atoms with Gasteiger partial charge in [-0.2, -0.15) is 0 Å². The second kappa shape index (κ2) is 4.18. The number of carbonyl (C=O) groups is 1. The zero-order chi connectivity index (χ0) is 12.7. The fourth-order valence-corrected chi connectivity index (χ4v) is 2.98. The number of carboxylic acids is 1. The van der Waals surface area contributed by atoms with Crippen LogP contribution in [0.3, 0.4) is 0 Å². The van der Waals surface area contributed by atoms with Crippen molar-refractivity contribution in [2.24, 2.45) is 0 Å². The molecule has 0 fully saturated rings. The molecule has 1 N–H and O–H groups in total. The van der Waals surface area contributed by atoms with Gasteiger partial charge in [0.1, 0.15) is 0 Å². The van der Waals surface area contributed by atoms with Crippen LogP contribution < -0.4 is 0 Å². The minimum Gasteiger partial charge on any atom is -0.476 e. The summed E-state index contributed by atoms with van der Waals surface area (Å²) in [5.74, 6) is -1.08. The number of hydrogen-bond acceptors (Lipinski definition) is 4. The molecule has 3 aromatic heterocycles. The molecule has 3 heterocycles. The lowest BCUT2D eigenvalue weighted by molar-refractivity contribution is 0.0692. The maximum Gasteiger partial charge on any atom is 0.358 e. The minimum atomic E-state index is -1.08. The Kier molecular flexibility index (Phi) is 2.64. The normalized spacial score (nSPS) is 10.9. The molecule has 0 saturated heterocycles. The molecule has 0 amide bonds. The van der Waals surface area contributed by atoms with Gasteiger partial charge in [0.15, 0.2) is 11.3 Å². The van der Waals surface area contributed by atoms with Crippen molar-refractivity contribution in [1.82, 2.24) is 14.4 Å². The molecule has 3 rings (SSSR count). The number of rotatable bonds is 2. The van der Waals surface area contributed by atoms with Gasteiger partial charge >= 0.3 is 5.97 Å². The molecule has 0 spiro atoms. The third-order valence-corrected chi connectivity index (χ3v) is 4.05. The first kappa shape index (κ1) is 11.4. The molecule has 0 aliphatic heterocycles. The van der Waals surface area contributed by atoms with Gasteiger partial charge in [0.25, 0.3) is 0 Å². The molecule has 7 heteroatoms. The first-order valence-electron chi connectivity index (χ1n) is 4.98. The zero-order valence-corrected chi connectivity index (χ0v) is 11.3. The van der Waals surface area contributed by atoms with Crippen molar-refractivity contribution in [2.45, 2.75) is 0 Å². The summed E-state index contributed by atoms with van der Waals surface area (Å²) < 4.78 is 2.67. The van der Waals surface area contributed by atoms with E-state index in [4.69, 9.17) is 5.11 Å². The Balaban J connectivity index is 2.22. The highest BCUT2D eigenvalue weighted by molar-refractivity contribution is 9.11. The Morgan fingerprint density at radius 2 is 2.28 bits per heavy atom. The predicted octanol–water partition coefficient (Wildman–Crippen LogP) is 2.92. The van der Waals surface area contributed by atoms with Crippen molar-refractivity contribution in [3.05, 3.63) is 40.2 Å². The van der Waals surface area contributed by atoms with E-state index >= 15 is 0 Å². The molecule has 90 valence electrons. The van der Waals surface area contributed by atoms with Crippen molar-refractivity contribution < 1.29 is 9.90 Å². The van der Waals surface area contributed by atoms with Crippen LogP contribution in [0.5, 0.6) is 0 Å². The van der Waals surface area contributed by atoms with Crippen LogP contribution in [0.4, 0.5) is 0 Å². The smallest absolute Gasteiger partial charge is 0.358 e. The molecule has 18 heavy (non-hydrogen) atoms. The summed E-state index contributed by atoms with van der Waals surface area (Å²) in [5, 5.41) is 9.05. The monoisotopic (exact) mass is 323 g/mol. The number of halogens is 1. The average Bonchev–Trinajstić information content (AvgIpc) is 2.93. The molecular formula is C11H6BrN3O2S. The molecule has 0 aliphatic rings. The van der Waals surface area contributed by atoms with Gasteiger partial charge in [-0.05, 0) is 28.1 Å². The van der Waals surface area contributed by atoms with Crippen LogP contribution >= 0.6 is 27.3 Å². The summed E-state index contributed by atoms with van der Waals surface area (Å²) in [5.41, 5.74) is 1.05. The quantitative estimate of drug-likeness (QED) is 0.787. The second-order valence-electron chi connectivity index (χ2n) is 3.54. The molecule has 0 aliphatic carbocycles. The maximum atomic E-state index is 11.0. The SMILES string of the molecule is O=C(O)c1nccn2cc(-c3ccc(Br)s3)nc12. The van der Waals surface area contributed by atoms with Gasteiger partial charge in [-0.15, -0.1) is 11.3 Å². The second-order valence-corrected chi connectivity index (χ2v) is 6.00. The standard InChI is InChI=1S/C11H6BrN3O2S/c12-8-2-1-7(18-8)6-5-15-4-3-13-9(11(16)17)10(15)14-6/h1-5H,(H,16,17). The highest BCUT2D eigenvalue weighted by Gasteiger charge is 2.14. The van der Waals surface area contributed by atoms with E-state index in [9.17, 15) is 4.79 Å². The largest absolute Gasteiger partial charge is 0.476 e. The van der Waals surface area contributed by atoms with E-state index in [-0.39, 0.29) is 5.69 Å². The van der Waals surface area contributed by atoms with Gasteiger partial charge in [-0.3, -0.25) is 0 Å². The van der Waals surface area contributed by atoms with Gasteiger partial charge in [-0.1, -0.05) is 0 Å². The summed E-state index contributed by atoms with van der Waals surface area (Å²) in [6.45, 7) is 0. The van der Waals surface area contributed by atoms with E-state index in [0.717, 1.165) is 14.4 Å². The number of fused-ring (bicyclic) bond motifs is 1. The minimum absolute atomic E-state index is 0.0422. The van der Waals surface area contributed by atoms with Crippen LogP contribution in [-0.2, 0) is 0 Å². The molecular weight excluding hydrogens is 318 g/mol. The Morgan fingerprint density at radius 3 is 2.94 bits per heavy atom. The number of aromatic nitrogens is 3. The molecule has 0 atom stereocenters. The van der Waals surface area contributed by atoms with Gasteiger partial charge in [0.2, 0.25) is 0 Å². The lowest BCUT2D eigenvalue weighted by Gasteiger charge is -1.95. The van der Waals surface area contributed by atoms with E-state index in [2.05, 4.69) is 25.9 Å². The number of nitrogens with zero attached hydrogens (tertiary/aromatic N) is 3.